The first kappa shape index (κ1) is 13.6. The Kier molecular flexibility index (Phi) is 3.56. The number of esters is 1. The first-order valence-corrected chi connectivity index (χ1v) is 7.52. The zero-order chi connectivity index (χ0) is 14.2. The molecule has 0 spiro atoms. The van der Waals surface area contributed by atoms with Gasteiger partial charge >= 0.3 is 5.97 Å². The molecule has 1 heterocycles. The Morgan fingerprint density at radius 1 is 0.900 bits per heavy atom. The van der Waals surface area contributed by atoms with Crippen LogP contribution in [0.1, 0.15) is 11.1 Å². The second-order valence-corrected chi connectivity index (χ2v) is 5.89. The van der Waals surface area contributed by atoms with Gasteiger partial charge < -0.3 is 4.74 Å². The molecule has 0 aromatic heterocycles. The standard InChI is InChI=1S/C16H10ClIO2/c17-13-14(18)16(20-15(13)19,11-7-3-1-4-8-11)12-9-5-2-6-10-12/h1-10H. The van der Waals surface area contributed by atoms with Gasteiger partial charge in [0.1, 0.15) is 5.03 Å². The van der Waals surface area contributed by atoms with Crippen LogP contribution in [0, 0.1) is 0 Å². The van der Waals surface area contributed by atoms with E-state index in [1.165, 1.54) is 0 Å². The molecule has 0 N–H and O–H groups in total. The van der Waals surface area contributed by atoms with Crippen LogP contribution in [0.4, 0.5) is 0 Å². The van der Waals surface area contributed by atoms with Crippen molar-refractivity contribution in [1.82, 2.24) is 0 Å². The van der Waals surface area contributed by atoms with Gasteiger partial charge in [-0.15, -0.1) is 0 Å². The van der Waals surface area contributed by atoms with Crippen LogP contribution in [0.5, 0.6) is 0 Å². The maximum Gasteiger partial charge on any atom is 0.352 e. The molecule has 0 saturated heterocycles. The van der Waals surface area contributed by atoms with Crippen molar-refractivity contribution in [1.29, 1.82) is 0 Å². The van der Waals surface area contributed by atoms with Crippen LogP contribution in [0.25, 0.3) is 0 Å². The van der Waals surface area contributed by atoms with E-state index < -0.39 is 11.6 Å². The fraction of sp³-hybridized carbons (Fsp3) is 0.0625. The van der Waals surface area contributed by atoms with Crippen LogP contribution in [0.2, 0.25) is 0 Å². The summed E-state index contributed by atoms with van der Waals surface area (Å²) < 4.78 is 6.39. The lowest BCUT2D eigenvalue weighted by molar-refractivity contribution is -0.144. The third kappa shape index (κ3) is 1.96. The Bertz CT molecular complexity index is 641. The molecule has 2 aromatic rings. The van der Waals surface area contributed by atoms with Crippen LogP contribution in [-0.4, -0.2) is 5.97 Å². The van der Waals surface area contributed by atoms with E-state index in [1.807, 2.05) is 60.7 Å². The molecule has 100 valence electrons. The van der Waals surface area contributed by atoms with Gasteiger partial charge in [-0.3, -0.25) is 0 Å². The number of hydrogen-bond donors (Lipinski definition) is 0. The van der Waals surface area contributed by atoms with E-state index in [0.29, 0.717) is 3.58 Å². The maximum absolute atomic E-state index is 11.9. The summed E-state index contributed by atoms with van der Waals surface area (Å²) in [7, 11) is 0. The van der Waals surface area contributed by atoms with Crippen molar-refractivity contribution in [3.05, 3.63) is 80.4 Å². The molecule has 2 nitrogen and oxygen atoms in total. The summed E-state index contributed by atoms with van der Waals surface area (Å²) in [6.07, 6.45) is 0. The van der Waals surface area contributed by atoms with Crippen LogP contribution in [-0.2, 0) is 15.1 Å². The molecule has 0 bridgehead atoms. The van der Waals surface area contributed by atoms with Crippen molar-refractivity contribution in [2.45, 2.75) is 5.60 Å². The van der Waals surface area contributed by atoms with Gasteiger partial charge in [-0.1, -0.05) is 72.3 Å². The summed E-state index contributed by atoms with van der Waals surface area (Å²) in [5.41, 5.74) is 0.844. The molecule has 1 aliphatic rings. The highest BCUT2D eigenvalue weighted by Gasteiger charge is 2.49. The van der Waals surface area contributed by atoms with Gasteiger partial charge in [0, 0.05) is 11.1 Å². The SMILES string of the molecule is O=C1OC(c2ccccc2)(c2ccccc2)C(I)=C1Cl. The third-order valence-corrected chi connectivity index (χ3v) is 5.25. The minimum atomic E-state index is -0.933. The Morgan fingerprint density at radius 3 is 1.70 bits per heavy atom. The van der Waals surface area contributed by atoms with Gasteiger partial charge in [0.15, 0.2) is 5.60 Å². The van der Waals surface area contributed by atoms with Gasteiger partial charge in [0.25, 0.3) is 0 Å². The summed E-state index contributed by atoms with van der Waals surface area (Å²) in [6.45, 7) is 0. The first-order chi connectivity index (χ1) is 9.66. The van der Waals surface area contributed by atoms with Crippen molar-refractivity contribution in [2.75, 3.05) is 0 Å². The minimum absolute atomic E-state index is 0.151. The van der Waals surface area contributed by atoms with E-state index in [-0.39, 0.29) is 5.03 Å². The normalized spacial score (nSPS) is 17.2. The highest BCUT2D eigenvalue weighted by Crippen LogP contribution is 2.50. The number of carbonyl (C=O) groups excluding carboxylic acids is 1. The number of rotatable bonds is 2. The fourth-order valence-corrected chi connectivity index (χ4v) is 3.48. The lowest BCUT2D eigenvalue weighted by atomic mass is 9.86. The molecule has 0 radical (unpaired) electrons. The number of hydrogen-bond acceptors (Lipinski definition) is 2. The molecular formula is C16H10ClIO2. The monoisotopic (exact) mass is 396 g/mol. The zero-order valence-corrected chi connectivity index (χ0v) is 13.3. The second kappa shape index (κ2) is 5.22. The maximum atomic E-state index is 11.9. The van der Waals surface area contributed by atoms with E-state index in [2.05, 4.69) is 22.6 Å². The van der Waals surface area contributed by atoms with E-state index in [4.69, 9.17) is 16.3 Å². The molecule has 1 aliphatic heterocycles. The Morgan fingerprint density at radius 2 is 1.35 bits per heavy atom. The van der Waals surface area contributed by atoms with Crippen LogP contribution < -0.4 is 0 Å². The molecule has 0 atom stereocenters. The van der Waals surface area contributed by atoms with Gasteiger partial charge in [-0.25, -0.2) is 4.79 Å². The second-order valence-electron chi connectivity index (χ2n) is 4.43. The summed E-state index contributed by atoms with van der Waals surface area (Å²) in [6, 6.07) is 19.3. The topological polar surface area (TPSA) is 26.3 Å². The van der Waals surface area contributed by atoms with E-state index in [0.717, 1.165) is 11.1 Å². The van der Waals surface area contributed by atoms with E-state index >= 15 is 0 Å². The largest absolute Gasteiger partial charge is 0.439 e. The van der Waals surface area contributed by atoms with Crippen molar-refractivity contribution in [3.63, 3.8) is 0 Å². The van der Waals surface area contributed by atoms with E-state index in [9.17, 15) is 4.79 Å². The Hall–Kier alpha value is -1.33. The van der Waals surface area contributed by atoms with Gasteiger partial charge in [-0.05, 0) is 22.6 Å². The lowest BCUT2D eigenvalue weighted by Crippen LogP contribution is -2.29. The summed E-state index contributed by atoms with van der Waals surface area (Å²) in [4.78, 5) is 11.9. The highest BCUT2D eigenvalue weighted by molar-refractivity contribution is 14.1. The molecule has 2 aromatic carbocycles. The summed E-state index contributed by atoms with van der Waals surface area (Å²) in [5, 5.41) is 0.151. The molecular weight excluding hydrogens is 387 g/mol. The number of cyclic esters (lactones) is 1. The van der Waals surface area contributed by atoms with Crippen molar-refractivity contribution in [2.24, 2.45) is 0 Å². The lowest BCUT2D eigenvalue weighted by Gasteiger charge is -2.29. The van der Waals surface area contributed by atoms with Gasteiger partial charge in [0.05, 0.1) is 3.58 Å². The minimum Gasteiger partial charge on any atom is -0.439 e. The van der Waals surface area contributed by atoms with Gasteiger partial charge in [0.2, 0.25) is 0 Å². The van der Waals surface area contributed by atoms with E-state index in [1.54, 1.807) is 0 Å². The predicted molar refractivity (Wildman–Crippen MR) is 86.7 cm³/mol. The third-order valence-electron chi connectivity index (χ3n) is 3.29. The smallest absolute Gasteiger partial charge is 0.352 e. The van der Waals surface area contributed by atoms with Crippen molar-refractivity contribution >= 4 is 40.2 Å². The zero-order valence-electron chi connectivity index (χ0n) is 10.3. The number of ether oxygens (including phenoxy) is 1. The molecule has 0 aliphatic carbocycles. The van der Waals surface area contributed by atoms with Crippen LogP contribution >= 0.6 is 34.2 Å². The molecule has 3 rings (SSSR count). The molecule has 4 heteroatoms. The highest BCUT2D eigenvalue weighted by atomic mass is 127. The number of carbonyl (C=O) groups is 1. The van der Waals surface area contributed by atoms with Crippen molar-refractivity contribution in [3.8, 4) is 0 Å². The first-order valence-electron chi connectivity index (χ1n) is 6.06. The Balaban J connectivity index is 2.29. The van der Waals surface area contributed by atoms with Crippen LogP contribution in [0.3, 0.4) is 0 Å². The molecule has 0 amide bonds. The molecule has 20 heavy (non-hydrogen) atoms. The molecule has 0 unspecified atom stereocenters. The quantitative estimate of drug-likeness (QED) is 0.556. The average molecular weight is 397 g/mol. The number of halogens is 2. The summed E-state index contributed by atoms with van der Waals surface area (Å²) >= 11 is 8.19. The summed E-state index contributed by atoms with van der Waals surface area (Å²) in [5.74, 6) is -0.483. The van der Waals surface area contributed by atoms with Crippen molar-refractivity contribution < 1.29 is 9.53 Å². The predicted octanol–water partition coefficient (Wildman–Crippen LogP) is 4.37. The number of benzene rings is 2. The van der Waals surface area contributed by atoms with Crippen LogP contribution in [0.15, 0.2) is 69.3 Å². The average Bonchev–Trinajstić information content (AvgIpc) is 2.74. The fourth-order valence-electron chi connectivity index (χ4n) is 2.36. The molecule has 0 fully saturated rings. The molecule has 0 saturated carbocycles. The Labute approximate surface area is 135 Å². The van der Waals surface area contributed by atoms with Gasteiger partial charge in [-0.2, -0.15) is 0 Å².